The second kappa shape index (κ2) is 10.2. The van der Waals surface area contributed by atoms with Crippen molar-refractivity contribution in [1.29, 1.82) is 0 Å². The van der Waals surface area contributed by atoms with Crippen LogP contribution in [0.2, 0.25) is 5.02 Å². The molecule has 0 aliphatic carbocycles. The number of para-hydroxylation sites is 1. The van der Waals surface area contributed by atoms with Gasteiger partial charge in [0.2, 0.25) is 0 Å². The van der Waals surface area contributed by atoms with Gasteiger partial charge in [-0.1, -0.05) is 48.0 Å². The minimum absolute atomic E-state index is 0.856. The number of rotatable bonds is 10. The van der Waals surface area contributed by atoms with Gasteiger partial charge >= 0.3 is 0 Å². The molecule has 2 rings (SSSR count). The Morgan fingerprint density at radius 1 is 0.682 bits per heavy atom. The highest BCUT2D eigenvalue weighted by atomic mass is 35.5. The summed E-state index contributed by atoms with van der Waals surface area (Å²) in [5.74, 6) is 0. The van der Waals surface area contributed by atoms with Crippen molar-refractivity contribution in [3.8, 4) is 0 Å². The molecule has 118 valence electrons. The Bertz CT molecular complexity index is 531. The van der Waals surface area contributed by atoms with E-state index in [1.54, 1.807) is 0 Å². The van der Waals surface area contributed by atoms with Crippen molar-refractivity contribution in [2.45, 2.75) is 6.42 Å². The third-order valence-electron chi connectivity index (χ3n) is 3.41. The zero-order chi connectivity index (χ0) is 15.5. The smallest absolute Gasteiger partial charge is 0.0438 e. The Hall–Kier alpha value is -1.55. The van der Waals surface area contributed by atoms with Crippen LogP contribution in [0, 0.1) is 0 Å². The number of nitrogens with one attached hydrogen (secondary N) is 3. The van der Waals surface area contributed by atoms with E-state index in [0.717, 1.165) is 44.2 Å². The predicted octanol–water partition coefficient (Wildman–Crippen LogP) is 3.17. The molecular formula is C18H24ClN3. The van der Waals surface area contributed by atoms with Crippen LogP contribution in [-0.2, 0) is 6.42 Å². The SMILES string of the molecule is Clc1ccccc1CCNCCNCCNc1ccccc1. The summed E-state index contributed by atoms with van der Waals surface area (Å²) in [4.78, 5) is 0. The highest BCUT2D eigenvalue weighted by molar-refractivity contribution is 6.31. The van der Waals surface area contributed by atoms with Crippen LogP contribution in [0.4, 0.5) is 5.69 Å². The third kappa shape index (κ3) is 6.48. The van der Waals surface area contributed by atoms with Gasteiger partial charge in [-0.2, -0.15) is 0 Å². The fraction of sp³-hybridized carbons (Fsp3) is 0.333. The van der Waals surface area contributed by atoms with E-state index in [4.69, 9.17) is 11.6 Å². The van der Waals surface area contributed by atoms with Crippen LogP contribution in [0.15, 0.2) is 54.6 Å². The summed E-state index contributed by atoms with van der Waals surface area (Å²) in [5, 5.41) is 11.1. The van der Waals surface area contributed by atoms with Crippen LogP contribution >= 0.6 is 11.6 Å². The molecular weight excluding hydrogens is 294 g/mol. The molecule has 0 aliphatic heterocycles. The van der Waals surface area contributed by atoms with Gasteiger partial charge < -0.3 is 16.0 Å². The van der Waals surface area contributed by atoms with E-state index in [1.807, 2.05) is 36.4 Å². The molecule has 2 aromatic rings. The molecule has 22 heavy (non-hydrogen) atoms. The molecule has 3 N–H and O–H groups in total. The molecule has 0 aliphatic rings. The zero-order valence-electron chi connectivity index (χ0n) is 12.8. The molecule has 0 heterocycles. The van der Waals surface area contributed by atoms with Gasteiger partial charge in [0.25, 0.3) is 0 Å². The molecule has 4 heteroatoms. The van der Waals surface area contributed by atoms with Gasteiger partial charge in [0.15, 0.2) is 0 Å². The molecule has 0 atom stereocenters. The van der Waals surface area contributed by atoms with E-state index in [2.05, 4.69) is 34.1 Å². The zero-order valence-corrected chi connectivity index (χ0v) is 13.6. The van der Waals surface area contributed by atoms with E-state index >= 15 is 0 Å². The second-order valence-corrected chi connectivity index (χ2v) is 5.54. The monoisotopic (exact) mass is 317 g/mol. The molecule has 0 amide bonds. The summed E-state index contributed by atoms with van der Waals surface area (Å²) in [6.07, 6.45) is 0.967. The van der Waals surface area contributed by atoms with Gasteiger partial charge in [-0.15, -0.1) is 0 Å². The van der Waals surface area contributed by atoms with Crippen molar-refractivity contribution in [3.63, 3.8) is 0 Å². The average molecular weight is 318 g/mol. The molecule has 3 nitrogen and oxygen atoms in total. The van der Waals surface area contributed by atoms with Crippen molar-refractivity contribution in [2.75, 3.05) is 38.0 Å². The first-order valence-corrected chi connectivity index (χ1v) is 8.18. The largest absolute Gasteiger partial charge is 0.384 e. The second-order valence-electron chi connectivity index (χ2n) is 5.13. The summed E-state index contributed by atoms with van der Waals surface area (Å²) in [6.45, 7) is 4.78. The Morgan fingerprint density at radius 3 is 2.09 bits per heavy atom. The summed E-state index contributed by atoms with van der Waals surface area (Å²) in [6, 6.07) is 18.3. The van der Waals surface area contributed by atoms with Gasteiger partial charge in [-0.25, -0.2) is 0 Å². The summed E-state index contributed by atoms with van der Waals surface area (Å²) in [7, 11) is 0. The first-order chi connectivity index (χ1) is 10.9. The quantitative estimate of drug-likeness (QED) is 0.589. The number of anilines is 1. The number of hydrogen-bond donors (Lipinski definition) is 3. The molecule has 0 unspecified atom stereocenters. The van der Waals surface area contributed by atoms with Crippen LogP contribution in [-0.4, -0.2) is 32.7 Å². The lowest BCUT2D eigenvalue weighted by Crippen LogP contribution is -2.31. The van der Waals surface area contributed by atoms with E-state index in [-0.39, 0.29) is 0 Å². The molecule has 0 bridgehead atoms. The maximum Gasteiger partial charge on any atom is 0.0438 e. The number of hydrogen-bond acceptors (Lipinski definition) is 3. The van der Waals surface area contributed by atoms with Crippen molar-refractivity contribution in [2.24, 2.45) is 0 Å². The van der Waals surface area contributed by atoms with Crippen LogP contribution in [0.25, 0.3) is 0 Å². The molecule has 0 radical (unpaired) electrons. The third-order valence-corrected chi connectivity index (χ3v) is 3.78. The van der Waals surface area contributed by atoms with Crippen LogP contribution in [0.3, 0.4) is 0 Å². The molecule has 2 aromatic carbocycles. The van der Waals surface area contributed by atoms with Crippen LogP contribution in [0.1, 0.15) is 5.56 Å². The van der Waals surface area contributed by atoms with Gasteiger partial charge in [-0.05, 0) is 36.7 Å². The summed E-state index contributed by atoms with van der Waals surface area (Å²) >= 11 is 6.12. The van der Waals surface area contributed by atoms with Crippen molar-refractivity contribution < 1.29 is 0 Å². The van der Waals surface area contributed by atoms with Crippen molar-refractivity contribution in [3.05, 3.63) is 65.2 Å². The summed E-state index contributed by atoms with van der Waals surface area (Å²) in [5.41, 5.74) is 2.37. The minimum Gasteiger partial charge on any atom is -0.384 e. The Balaban J connectivity index is 1.44. The van der Waals surface area contributed by atoms with Gasteiger partial charge in [0, 0.05) is 36.9 Å². The fourth-order valence-electron chi connectivity index (χ4n) is 2.20. The predicted molar refractivity (Wildman–Crippen MR) is 95.8 cm³/mol. The van der Waals surface area contributed by atoms with E-state index in [9.17, 15) is 0 Å². The van der Waals surface area contributed by atoms with E-state index in [1.165, 1.54) is 11.3 Å². The first kappa shape index (κ1) is 16.8. The Labute approximate surface area is 138 Å². The fourth-order valence-corrected chi connectivity index (χ4v) is 2.43. The van der Waals surface area contributed by atoms with E-state index < -0.39 is 0 Å². The van der Waals surface area contributed by atoms with Gasteiger partial charge in [0.05, 0.1) is 0 Å². The molecule has 0 fully saturated rings. The van der Waals surface area contributed by atoms with Crippen LogP contribution < -0.4 is 16.0 Å². The lowest BCUT2D eigenvalue weighted by atomic mass is 10.1. The standard InChI is InChI=1S/C18H24ClN3/c19-18-9-5-4-6-16(18)10-11-20-12-13-21-14-15-22-17-7-2-1-3-8-17/h1-9,20-22H,10-15H2. The number of benzene rings is 2. The van der Waals surface area contributed by atoms with Crippen molar-refractivity contribution in [1.82, 2.24) is 10.6 Å². The minimum atomic E-state index is 0.856. The maximum absolute atomic E-state index is 6.12. The molecule has 0 aromatic heterocycles. The first-order valence-electron chi connectivity index (χ1n) is 7.80. The maximum atomic E-state index is 6.12. The lowest BCUT2D eigenvalue weighted by molar-refractivity contribution is 0.619. The Kier molecular flexibility index (Phi) is 7.81. The highest BCUT2D eigenvalue weighted by Gasteiger charge is 1.97. The van der Waals surface area contributed by atoms with Crippen LogP contribution in [0.5, 0.6) is 0 Å². The lowest BCUT2D eigenvalue weighted by Gasteiger charge is -2.09. The molecule has 0 spiro atoms. The van der Waals surface area contributed by atoms with Crippen molar-refractivity contribution >= 4 is 17.3 Å². The highest BCUT2D eigenvalue weighted by Crippen LogP contribution is 2.14. The Morgan fingerprint density at radius 2 is 1.32 bits per heavy atom. The average Bonchev–Trinajstić information content (AvgIpc) is 2.56. The molecule has 0 saturated heterocycles. The van der Waals surface area contributed by atoms with Gasteiger partial charge in [-0.3, -0.25) is 0 Å². The van der Waals surface area contributed by atoms with E-state index in [0.29, 0.717) is 0 Å². The molecule has 0 saturated carbocycles. The number of halogens is 1. The summed E-state index contributed by atoms with van der Waals surface area (Å²) < 4.78 is 0. The normalized spacial score (nSPS) is 10.6. The van der Waals surface area contributed by atoms with Gasteiger partial charge in [0.1, 0.15) is 0 Å². The topological polar surface area (TPSA) is 36.1 Å².